The molecule has 6 nitrogen and oxygen atoms in total. The Morgan fingerprint density at radius 3 is 1.32 bits per heavy atom. The summed E-state index contributed by atoms with van der Waals surface area (Å²) in [7, 11) is 0. The van der Waals surface area contributed by atoms with E-state index in [9.17, 15) is 19.2 Å². The summed E-state index contributed by atoms with van der Waals surface area (Å²) in [6, 6.07) is 0. The van der Waals surface area contributed by atoms with Crippen LogP contribution >= 0.6 is 0 Å². The summed E-state index contributed by atoms with van der Waals surface area (Å²) in [4.78, 5) is 46.7. The number of hydrogen-bond donors (Lipinski definition) is 0. The molecule has 6 heteroatoms. The second-order valence-corrected chi connectivity index (χ2v) is 7.05. The highest BCUT2D eigenvalue weighted by Gasteiger charge is 2.52. The van der Waals surface area contributed by atoms with E-state index in [1.165, 1.54) is 0 Å². The molecule has 2 heterocycles. The highest BCUT2D eigenvalue weighted by molar-refractivity contribution is 5.97. The van der Waals surface area contributed by atoms with Crippen molar-refractivity contribution < 1.29 is 28.7 Å². The topological polar surface area (TPSA) is 86.7 Å². The Kier molecular flexibility index (Phi) is 3.09. The van der Waals surface area contributed by atoms with Gasteiger partial charge in [-0.3, -0.25) is 19.2 Å². The van der Waals surface area contributed by atoms with E-state index in [-0.39, 0.29) is 47.5 Å². The second kappa shape index (κ2) is 4.89. The smallest absolute Gasteiger partial charge is 0.317 e. The molecule has 0 amide bonds. The number of carbonyl (C=O) groups excluding carboxylic acids is 4. The Labute approximate surface area is 127 Å². The zero-order chi connectivity index (χ0) is 15.4. The van der Waals surface area contributed by atoms with Gasteiger partial charge < -0.3 is 9.47 Å². The summed E-state index contributed by atoms with van der Waals surface area (Å²) >= 11 is 0. The minimum Gasteiger partial charge on any atom is -0.393 e. The highest BCUT2D eigenvalue weighted by Crippen LogP contribution is 2.48. The zero-order valence-electron chi connectivity index (χ0n) is 12.2. The van der Waals surface area contributed by atoms with Gasteiger partial charge in [0.25, 0.3) is 0 Å². The predicted molar refractivity (Wildman–Crippen MR) is 70.8 cm³/mol. The van der Waals surface area contributed by atoms with Gasteiger partial charge in [0.2, 0.25) is 0 Å². The molecule has 6 atom stereocenters. The molecule has 0 aromatic rings. The van der Waals surface area contributed by atoms with Gasteiger partial charge in [0.15, 0.2) is 0 Å². The van der Waals surface area contributed by atoms with E-state index in [0.29, 0.717) is 37.5 Å². The van der Waals surface area contributed by atoms with Gasteiger partial charge in [0.1, 0.15) is 0 Å². The largest absolute Gasteiger partial charge is 0.393 e. The molecule has 0 aromatic heterocycles. The average molecular weight is 306 g/mol. The maximum atomic E-state index is 11.8. The summed E-state index contributed by atoms with van der Waals surface area (Å²) in [5.74, 6) is -2.01. The SMILES string of the molecule is O=C1OC(=O)C2CC(C3CC[C@@H]4C(=O)OC(=O)C4C3)CCC12. The van der Waals surface area contributed by atoms with Crippen LogP contribution < -0.4 is 0 Å². The van der Waals surface area contributed by atoms with E-state index in [2.05, 4.69) is 0 Å². The molecule has 2 saturated carbocycles. The fourth-order valence-electron chi connectivity index (χ4n) is 4.85. The van der Waals surface area contributed by atoms with Crippen LogP contribution in [0.25, 0.3) is 0 Å². The fraction of sp³-hybridized carbons (Fsp3) is 0.750. The van der Waals surface area contributed by atoms with Gasteiger partial charge in [0.05, 0.1) is 23.7 Å². The van der Waals surface area contributed by atoms with Crippen molar-refractivity contribution >= 4 is 23.9 Å². The van der Waals surface area contributed by atoms with E-state index < -0.39 is 0 Å². The van der Waals surface area contributed by atoms with Gasteiger partial charge in [-0.1, -0.05) is 0 Å². The monoisotopic (exact) mass is 306 g/mol. The molecule has 4 rings (SSSR count). The van der Waals surface area contributed by atoms with Crippen molar-refractivity contribution in [2.45, 2.75) is 38.5 Å². The summed E-state index contributed by atoms with van der Waals surface area (Å²) < 4.78 is 9.50. The van der Waals surface area contributed by atoms with Crippen LogP contribution in [0.3, 0.4) is 0 Å². The van der Waals surface area contributed by atoms with Crippen LogP contribution in [0, 0.1) is 35.5 Å². The van der Waals surface area contributed by atoms with Gasteiger partial charge in [0, 0.05) is 0 Å². The van der Waals surface area contributed by atoms with Crippen molar-refractivity contribution in [2.24, 2.45) is 35.5 Å². The van der Waals surface area contributed by atoms with Crippen molar-refractivity contribution in [2.75, 3.05) is 0 Å². The van der Waals surface area contributed by atoms with E-state index >= 15 is 0 Å². The molecule has 2 saturated heterocycles. The highest BCUT2D eigenvalue weighted by atomic mass is 16.6. The number of cyclic esters (lactones) is 4. The first-order valence-electron chi connectivity index (χ1n) is 8.05. The normalized spacial score (nSPS) is 44.4. The first-order valence-corrected chi connectivity index (χ1v) is 8.05. The molecular formula is C16H18O6. The quantitative estimate of drug-likeness (QED) is 0.535. The Morgan fingerprint density at radius 2 is 0.909 bits per heavy atom. The maximum Gasteiger partial charge on any atom is 0.317 e. The molecular weight excluding hydrogens is 288 g/mol. The molecule has 2 aliphatic carbocycles. The van der Waals surface area contributed by atoms with Gasteiger partial charge in [-0.05, 0) is 50.4 Å². The van der Waals surface area contributed by atoms with Crippen LogP contribution in [0.1, 0.15) is 38.5 Å². The molecule has 0 spiro atoms. The Hall–Kier alpha value is -1.72. The lowest BCUT2D eigenvalue weighted by molar-refractivity contribution is -0.155. The molecule has 5 unspecified atom stereocenters. The number of ether oxygens (including phenoxy) is 2. The number of hydrogen-bond acceptors (Lipinski definition) is 6. The van der Waals surface area contributed by atoms with Crippen LogP contribution in [0.4, 0.5) is 0 Å². The predicted octanol–water partition coefficient (Wildman–Crippen LogP) is 1.22. The number of rotatable bonds is 1. The molecule has 4 aliphatic rings. The van der Waals surface area contributed by atoms with Crippen molar-refractivity contribution in [3.05, 3.63) is 0 Å². The summed E-state index contributed by atoms with van der Waals surface area (Å²) in [5, 5.41) is 0. The fourth-order valence-corrected chi connectivity index (χ4v) is 4.85. The van der Waals surface area contributed by atoms with E-state index in [1.54, 1.807) is 0 Å². The van der Waals surface area contributed by atoms with Crippen LogP contribution in [0.5, 0.6) is 0 Å². The molecule has 0 bridgehead atoms. The number of fused-ring (bicyclic) bond motifs is 2. The molecule has 0 aromatic carbocycles. The second-order valence-electron chi connectivity index (χ2n) is 7.05. The lowest BCUT2D eigenvalue weighted by atomic mass is 9.64. The first-order chi connectivity index (χ1) is 10.5. The molecule has 0 radical (unpaired) electrons. The van der Waals surface area contributed by atoms with E-state index in [4.69, 9.17) is 9.47 Å². The molecule has 0 N–H and O–H groups in total. The Morgan fingerprint density at radius 1 is 0.545 bits per heavy atom. The van der Waals surface area contributed by atoms with Gasteiger partial charge >= 0.3 is 23.9 Å². The molecule has 22 heavy (non-hydrogen) atoms. The maximum absolute atomic E-state index is 11.8. The minimum absolute atomic E-state index is 0.266. The third-order valence-corrected chi connectivity index (χ3v) is 6.06. The first kappa shape index (κ1) is 13.9. The summed E-state index contributed by atoms with van der Waals surface area (Å²) in [6.45, 7) is 0. The van der Waals surface area contributed by atoms with Crippen LogP contribution in [-0.4, -0.2) is 23.9 Å². The van der Waals surface area contributed by atoms with Crippen molar-refractivity contribution in [3.8, 4) is 0 Å². The van der Waals surface area contributed by atoms with Crippen LogP contribution in [-0.2, 0) is 28.7 Å². The summed E-state index contributed by atoms with van der Waals surface area (Å²) in [5.41, 5.74) is 0. The lowest BCUT2D eigenvalue weighted by Gasteiger charge is -2.37. The van der Waals surface area contributed by atoms with Crippen molar-refractivity contribution in [3.63, 3.8) is 0 Å². The van der Waals surface area contributed by atoms with Gasteiger partial charge in [-0.2, -0.15) is 0 Å². The zero-order valence-corrected chi connectivity index (χ0v) is 12.2. The Bertz CT molecular complexity index is 517. The standard InChI is InChI=1S/C16H18O6/c17-13-9-3-1-7(5-11(9)15(19)21-13)8-2-4-10-12(6-8)16(20)22-14(10)18/h7-12H,1-6H2/t7?,8?,9-,10?,11?,12?/m0/s1. The van der Waals surface area contributed by atoms with E-state index in [1.807, 2.05) is 0 Å². The lowest BCUT2D eigenvalue weighted by Crippen LogP contribution is -2.35. The van der Waals surface area contributed by atoms with Crippen LogP contribution in [0.15, 0.2) is 0 Å². The molecule has 4 fully saturated rings. The summed E-state index contributed by atoms with van der Waals surface area (Å²) in [6.07, 6.45) is 4.48. The van der Waals surface area contributed by atoms with Gasteiger partial charge in [-0.15, -0.1) is 0 Å². The molecule has 2 aliphatic heterocycles. The minimum atomic E-state index is -0.385. The van der Waals surface area contributed by atoms with Crippen molar-refractivity contribution in [1.29, 1.82) is 0 Å². The van der Waals surface area contributed by atoms with E-state index in [0.717, 1.165) is 12.8 Å². The van der Waals surface area contributed by atoms with Gasteiger partial charge in [-0.25, -0.2) is 0 Å². The third kappa shape index (κ3) is 2.00. The average Bonchev–Trinajstić information content (AvgIpc) is 2.96. The number of esters is 4. The Balaban J connectivity index is 1.45. The third-order valence-electron chi connectivity index (χ3n) is 6.06. The number of carbonyl (C=O) groups is 4. The molecule has 118 valence electrons. The van der Waals surface area contributed by atoms with Crippen LogP contribution in [0.2, 0.25) is 0 Å². The van der Waals surface area contributed by atoms with Crippen molar-refractivity contribution in [1.82, 2.24) is 0 Å².